The average Bonchev–Trinajstić information content (AvgIpc) is 3.51. The number of carboxylic acid groups (broad SMARTS) is 1. The van der Waals surface area contributed by atoms with E-state index in [0.29, 0.717) is 55.2 Å². The second kappa shape index (κ2) is 17.7. The third-order valence-corrected chi connectivity index (χ3v) is 14.3. The van der Waals surface area contributed by atoms with E-state index in [1.807, 2.05) is 0 Å². The lowest BCUT2D eigenvalue weighted by Crippen LogP contribution is -2.63. The molecule has 0 saturated heterocycles. The number of aliphatic hydroxyl groups is 3. The zero-order chi connectivity index (χ0) is 43.6. The number of nitrogens with zero attached hydrogens (tertiary/aromatic N) is 2. The fourth-order valence-electron chi connectivity index (χ4n) is 11.2. The summed E-state index contributed by atoms with van der Waals surface area (Å²) in [5.41, 5.74) is 21.7. The Labute approximate surface area is 345 Å². The number of nitrogens with two attached hydrogens (primary N) is 4. The minimum absolute atomic E-state index is 0.00208. The fraction of sp³-hybridized carbons (Fsp3) is 0.591. The number of aliphatic carboxylic acids is 1. The molecule has 4 fully saturated rings. The van der Waals surface area contributed by atoms with Crippen LogP contribution in [0.5, 0.6) is 0 Å². The molecule has 15 heteroatoms. The van der Waals surface area contributed by atoms with Crippen LogP contribution >= 0.6 is 0 Å². The van der Waals surface area contributed by atoms with E-state index in [-0.39, 0.29) is 76.3 Å². The van der Waals surface area contributed by atoms with Gasteiger partial charge in [-0.2, -0.15) is 9.98 Å². The number of aliphatic imine (C=N–C) groups is 2. The molecule has 1 aromatic carbocycles. The van der Waals surface area contributed by atoms with Crippen molar-refractivity contribution in [3.63, 3.8) is 0 Å². The maximum absolute atomic E-state index is 12.6. The van der Waals surface area contributed by atoms with Crippen LogP contribution in [0.4, 0.5) is 0 Å². The maximum Gasteiger partial charge on any atom is 0.322 e. The molecule has 320 valence electrons. The van der Waals surface area contributed by atoms with Crippen molar-refractivity contribution in [2.75, 3.05) is 6.54 Å². The first-order valence-electron chi connectivity index (χ1n) is 20.5. The first-order valence-corrected chi connectivity index (χ1v) is 20.5. The van der Waals surface area contributed by atoms with Crippen LogP contribution in [-0.4, -0.2) is 80.4 Å². The van der Waals surface area contributed by atoms with E-state index in [0.717, 1.165) is 12.8 Å². The summed E-state index contributed by atoms with van der Waals surface area (Å²) in [6, 6.07) is 5.21. The maximum atomic E-state index is 12.6. The van der Waals surface area contributed by atoms with E-state index in [4.69, 9.17) is 28.0 Å². The zero-order valence-corrected chi connectivity index (χ0v) is 34.7. The second-order valence-electron chi connectivity index (χ2n) is 18.0. The predicted molar refractivity (Wildman–Crippen MR) is 224 cm³/mol. The first kappa shape index (κ1) is 45.1. The normalized spacial score (nSPS) is 33.1. The van der Waals surface area contributed by atoms with E-state index in [2.05, 4.69) is 47.9 Å². The number of hydrogen-bond acceptors (Lipinski definition) is 7. The van der Waals surface area contributed by atoms with Gasteiger partial charge in [0.1, 0.15) is 12.1 Å². The van der Waals surface area contributed by atoms with Gasteiger partial charge in [0.05, 0.1) is 12.2 Å². The van der Waals surface area contributed by atoms with Gasteiger partial charge in [0.2, 0.25) is 5.91 Å². The van der Waals surface area contributed by atoms with Gasteiger partial charge < -0.3 is 48.7 Å². The lowest BCUT2D eigenvalue weighted by Gasteiger charge is -2.64. The van der Waals surface area contributed by atoms with Crippen LogP contribution in [0.2, 0.25) is 0 Å². The minimum Gasteiger partial charge on any atom is -0.480 e. The van der Waals surface area contributed by atoms with Gasteiger partial charge in [-0.05, 0) is 147 Å². The summed E-state index contributed by atoms with van der Waals surface area (Å²) in [6.45, 7) is 9.23. The van der Waals surface area contributed by atoms with Gasteiger partial charge in [0, 0.05) is 23.1 Å². The van der Waals surface area contributed by atoms with E-state index >= 15 is 0 Å². The largest absolute Gasteiger partial charge is 0.480 e. The Balaban J connectivity index is 1.35. The molecule has 1 aromatic rings. The van der Waals surface area contributed by atoms with Crippen LogP contribution in [-0.2, 0) is 19.2 Å². The Bertz CT molecular complexity index is 2030. The summed E-state index contributed by atoms with van der Waals surface area (Å²) < 4.78 is 0. The lowest BCUT2D eigenvalue weighted by atomic mass is 9.42. The smallest absolute Gasteiger partial charge is 0.322 e. The highest BCUT2D eigenvalue weighted by Gasteiger charge is 2.66. The molecule has 0 bridgehead atoms. The van der Waals surface area contributed by atoms with Gasteiger partial charge in [-0.3, -0.25) is 19.2 Å². The van der Waals surface area contributed by atoms with Crippen LogP contribution in [0, 0.1) is 58.2 Å². The van der Waals surface area contributed by atoms with Gasteiger partial charge in [0.15, 0.2) is 11.9 Å². The van der Waals surface area contributed by atoms with Gasteiger partial charge in [-0.25, -0.2) is 0 Å². The molecule has 13 N–H and O–H groups in total. The Morgan fingerprint density at radius 3 is 2.17 bits per heavy atom. The van der Waals surface area contributed by atoms with Crippen molar-refractivity contribution >= 4 is 47.8 Å². The third kappa shape index (κ3) is 9.72. The summed E-state index contributed by atoms with van der Waals surface area (Å²) in [6.07, 6.45) is 7.04. The Morgan fingerprint density at radius 1 is 0.932 bits per heavy atom. The number of nitrogens with one attached hydrogen (secondary N) is 1. The zero-order valence-electron chi connectivity index (χ0n) is 34.7. The number of rotatable bonds is 10. The Hall–Kier alpha value is -5.04. The number of benzene rings is 1. The van der Waals surface area contributed by atoms with Crippen LogP contribution in [0.25, 0.3) is 12.2 Å². The van der Waals surface area contributed by atoms with Crippen LogP contribution in [0.15, 0.2) is 39.3 Å². The molecular formula is C44H61N7O8. The number of carbonyl (C=O) groups is 4. The summed E-state index contributed by atoms with van der Waals surface area (Å²) in [4.78, 5) is 55.5. The summed E-state index contributed by atoms with van der Waals surface area (Å²) in [5, 5.41) is 47.3. The highest BCUT2D eigenvalue weighted by molar-refractivity contribution is 6.05. The van der Waals surface area contributed by atoms with Crippen molar-refractivity contribution in [1.29, 1.82) is 0 Å². The molecule has 0 spiro atoms. The van der Waals surface area contributed by atoms with Crippen molar-refractivity contribution in [3.05, 3.63) is 46.0 Å². The number of guanidine groups is 2. The first-order chi connectivity index (χ1) is 27.6. The molecule has 0 aromatic heterocycles. The van der Waals surface area contributed by atoms with Gasteiger partial charge >= 0.3 is 5.97 Å². The minimum atomic E-state index is -1.33. The predicted octanol–water partition coefficient (Wildman–Crippen LogP) is 2.39. The average molecular weight is 816 g/mol. The highest BCUT2D eigenvalue weighted by atomic mass is 16.4. The topological polar surface area (TPSA) is 290 Å². The van der Waals surface area contributed by atoms with Crippen LogP contribution < -0.4 is 28.3 Å². The number of amides is 3. The fourth-order valence-corrected chi connectivity index (χ4v) is 11.2. The molecule has 3 amide bonds. The van der Waals surface area contributed by atoms with Crippen molar-refractivity contribution in [1.82, 2.24) is 5.32 Å². The molecule has 4 aliphatic rings. The molecule has 0 radical (unpaired) electrons. The molecule has 0 heterocycles. The van der Waals surface area contributed by atoms with Crippen LogP contribution in [0.3, 0.4) is 0 Å². The van der Waals surface area contributed by atoms with Crippen molar-refractivity contribution < 1.29 is 39.6 Å². The number of aliphatic hydroxyl groups excluding tert-OH is 2. The second-order valence-corrected chi connectivity index (χ2v) is 18.0. The standard InChI is InChI=1S/C44H61N7O8/c1-23(6-11-35(54)49-22-36(55)56)30-9-10-31-37-32(20-34(53)43(30,31)5)42(4)14-15-44(59,21-29(42)19-33(37)52)13-12-26-7-8-27(16-24(2)38(57)50-40(45)46)28(18-26)17-25(3)39(58)51-41(47)48/h7-8,16-18,23,29-34,37,52-53,59H,6,9-11,14-15,19-22H2,1-5H3,(H,49,54)(H,55,56)(H4,45,46,50,57)(H4,47,48,51,58)/t23?,29?,30?,31?,32?,33-,34+,37?,42+,43-,44-/m1/s1. The molecule has 6 unspecified atom stereocenters. The van der Waals surface area contributed by atoms with Gasteiger partial charge in [0.25, 0.3) is 11.8 Å². The van der Waals surface area contributed by atoms with Crippen molar-refractivity contribution in [3.8, 4) is 11.8 Å². The van der Waals surface area contributed by atoms with E-state index in [1.165, 1.54) is 0 Å². The molecule has 15 nitrogen and oxygen atoms in total. The molecule has 11 atom stereocenters. The number of fused-ring (bicyclic) bond motifs is 5. The Morgan fingerprint density at radius 2 is 1.56 bits per heavy atom. The Kier molecular flexibility index (Phi) is 13.5. The molecule has 0 aliphatic heterocycles. The number of carboxylic acids is 1. The summed E-state index contributed by atoms with van der Waals surface area (Å²) in [7, 11) is 0. The molecule has 4 aliphatic carbocycles. The molecular weight excluding hydrogens is 755 g/mol. The molecule has 4 saturated carbocycles. The highest BCUT2D eigenvalue weighted by Crippen LogP contribution is 2.69. The number of hydrogen-bond donors (Lipinski definition) is 9. The summed E-state index contributed by atoms with van der Waals surface area (Å²) in [5.74, 6) is 3.27. The van der Waals surface area contributed by atoms with E-state index < -0.39 is 47.6 Å². The SMILES string of the molecule is CC(=Cc1ccc(C#C[C@@]2(O)CC[C@@]3(C)C(C[C@@H](O)C4C3C[C@H](O)[C@]3(C)C(C(C)CCC(=O)NCC(=O)O)CCC43)C2)cc1C=C(C)C(=O)N=C(N)N)C(=O)N=C(N)N. The molecule has 59 heavy (non-hydrogen) atoms. The van der Waals surface area contributed by atoms with Gasteiger partial charge in [-0.15, -0.1) is 0 Å². The quantitative estimate of drug-likeness (QED) is 0.0712. The van der Waals surface area contributed by atoms with E-state index in [9.17, 15) is 34.5 Å². The van der Waals surface area contributed by atoms with Crippen molar-refractivity contribution in [2.45, 2.75) is 110 Å². The van der Waals surface area contributed by atoms with Crippen molar-refractivity contribution in [2.24, 2.45) is 79.3 Å². The third-order valence-electron chi connectivity index (χ3n) is 14.3. The number of carbonyl (C=O) groups excluding carboxylic acids is 3. The molecule has 5 rings (SSSR count). The van der Waals surface area contributed by atoms with Gasteiger partial charge in [-0.1, -0.05) is 38.7 Å². The lowest BCUT2D eigenvalue weighted by molar-refractivity contribution is -0.211. The monoisotopic (exact) mass is 815 g/mol. The summed E-state index contributed by atoms with van der Waals surface area (Å²) >= 11 is 0. The van der Waals surface area contributed by atoms with E-state index in [1.54, 1.807) is 44.2 Å². The van der Waals surface area contributed by atoms with Crippen LogP contribution in [0.1, 0.15) is 109 Å².